The van der Waals surface area contributed by atoms with Crippen molar-refractivity contribution in [3.05, 3.63) is 77.1 Å². The van der Waals surface area contributed by atoms with Gasteiger partial charge in [-0.1, -0.05) is 69.2 Å². The van der Waals surface area contributed by atoms with Crippen LogP contribution in [-0.4, -0.2) is 33.1 Å². The van der Waals surface area contributed by atoms with Crippen molar-refractivity contribution in [1.29, 1.82) is 0 Å². The quantitative estimate of drug-likeness (QED) is 0.197. The van der Waals surface area contributed by atoms with Crippen molar-refractivity contribution >= 4 is 11.7 Å². The predicted octanol–water partition coefficient (Wildman–Crippen LogP) is 4.44. The summed E-state index contributed by atoms with van der Waals surface area (Å²) in [6.45, 7) is 8.61. The van der Waals surface area contributed by atoms with Crippen LogP contribution in [0.25, 0.3) is 0 Å². The van der Waals surface area contributed by atoms with Gasteiger partial charge in [0.15, 0.2) is 5.78 Å². The van der Waals surface area contributed by atoms with Crippen molar-refractivity contribution in [3.8, 4) is 5.75 Å². The number of nitrogens with one attached hydrogen (secondary N) is 1. The number of aromatic hydroxyl groups is 1. The third-order valence-corrected chi connectivity index (χ3v) is 5.59. The third kappa shape index (κ3) is 6.69. The number of hydrogen-bond acceptors (Lipinski definition) is 5. The summed E-state index contributed by atoms with van der Waals surface area (Å²) in [5, 5.41) is 32.5. The predicted molar refractivity (Wildman–Crippen MR) is 125 cm³/mol. The minimum Gasteiger partial charge on any atom is -0.508 e. The van der Waals surface area contributed by atoms with E-state index in [9.17, 15) is 24.9 Å². The fourth-order valence-corrected chi connectivity index (χ4v) is 3.69. The van der Waals surface area contributed by atoms with Gasteiger partial charge >= 0.3 is 0 Å². The molecule has 1 aliphatic rings. The molecule has 1 fully saturated rings. The number of carbonyl (C=O) groups is 2. The van der Waals surface area contributed by atoms with Gasteiger partial charge in [-0.2, -0.15) is 0 Å². The van der Waals surface area contributed by atoms with Gasteiger partial charge in [-0.3, -0.25) is 9.59 Å². The molecule has 172 valence electrons. The van der Waals surface area contributed by atoms with E-state index >= 15 is 0 Å². The SMILES string of the molecule is CCC(C)CC(C)/C=C(C)/C=C/C=C/C(O)=C1\C(=O)NC(C(O)c2ccc(O)cc2)C1=O. The van der Waals surface area contributed by atoms with Crippen LogP contribution < -0.4 is 5.32 Å². The number of benzene rings is 1. The Morgan fingerprint density at radius 3 is 2.38 bits per heavy atom. The molecule has 1 aliphatic heterocycles. The first-order valence-corrected chi connectivity index (χ1v) is 10.9. The molecule has 0 spiro atoms. The number of ketones is 1. The fourth-order valence-electron chi connectivity index (χ4n) is 3.69. The smallest absolute Gasteiger partial charge is 0.259 e. The van der Waals surface area contributed by atoms with Crippen molar-refractivity contribution in [1.82, 2.24) is 5.32 Å². The fraction of sp³-hybridized carbons (Fsp3) is 0.385. The van der Waals surface area contributed by atoms with E-state index in [0.29, 0.717) is 17.4 Å². The highest BCUT2D eigenvalue weighted by Gasteiger charge is 2.42. The Morgan fingerprint density at radius 1 is 1.12 bits per heavy atom. The lowest BCUT2D eigenvalue weighted by atomic mass is 9.94. The van der Waals surface area contributed by atoms with E-state index in [1.54, 1.807) is 12.2 Å². The molecule has 6 nitrogen and oxygen atoms in total. The first-order chi connectivity index (χ1) is 15.1. The number of aliphatic hydroxyl groups is 2. The summed E-state index contributed by atoms with van der Waals surface area (Å²) in [7, 11) is 0. The van der Waals surface area contributed by atoms with E-state index in [4.69, 9.17) is 0 Å². The summed E-state index contributed by atoms with van der Waals surface area (Å²) in [6, 6.07) is 4.48. The number of phenols is 1. The maximum Gasteiger partial charge on any atom is 0.259 e. The molecule has 2 rings (SSSR count). The van der Waals surface area contributed by atoms with Gasteiger partial charge in [-0.25, -0.2) is 0 Å². The molecule has 1 aromatic rings. The van der Waals surface area contributed by atoms with Crippen molar-refractivity contribution in [2.24, 2.45) is 11.8 Å². The average Bonchev–Trinajstić information content (AvgIpc) is 3.04. The Bertz CT molecular complexity index is 939. The van der Waals surface area contributed by atoms with Gasteiger partial charge in [0.25, 0.3) is 5.91 Å². The van der Waals surface area contributed by atoms with E-state index in [1.165, 1.54) is 30.3 Å². The van der Waals surface area contributed by atoms with Crippen LogP contribution in [0.15, 0.2) is 71.6 Å². The molecule has 0 aromatic heterocycles. The molecule has 4 N–H and O–H groups in total. The number of amides is 1. The molecule has 0 bridgehead atoms. The largest absolute Gasteiger partial charge is 0.508 e. The molecule has 0 saturated carbocycles. The van der Waals surface area contributed by atoms with Crippen LogP contribution in [0.3, 0.4) is 0 Å². The second kappa shape index (κ2) is 11.5. The molecule has 1 heterocycles. The summed E-state index contributed by atoms with van der Waals surface area (Å²) < 4.78 is 0. The number of hydrogen-bond donors (Lipinski definition) is 4. The molecule has 1 amide bonds. The van der Waals surface area contributed by atoms with Crippen LogP contribution in [0.2, 0.25) is 0 Å². The van der Waals surface area contributed by atoms with Gasteiger partial charge in [-0.05, 0) is 49.0 Å². The van der Waals surface area contributed by atoms with E-state index in [1.807, 2.05) is 13.0 Å². The van der Waals surface area contributed by atoms with Crippen molar-refractivity contribution in [3.63, 3.8) is 0 Å². The molecule has 1 aromatic carbocycles. The van der Waals surface area contributed by atoms with Gasteiger partial charge in [-0.15, -0.1) is 0 Å². The molecule has 0 radical (unpaired) electrons. The molecule has 4 atom stereocenters. The van der Waals surface area contributed by atoms with Crippen molar-refractivity contribution in [2.75, 3.05) is 0 Å². The first-order valence-electron chi connectivity index (χ1n) is 10.9. The van der Waals surface area contributed by atoms with Crippen LogP contribution in [0.1, 0.15) is 52.2 Å². The Labute approximate surface area is 189 Å². The third-order valence-electron chi connectivity index (χ3n) is 5.59. The van der Waals surface area contributed by atoms with Crippen LogP contribution >= 0.6 is 0 Å². The van der Waals surface area contributed by atoms with E-state index in [-0.39, 0.29) is 11.3 Å². The van der Waals surface area contributed by atoms with Crippen LogP contribution in [0.4, 0.5) is 0 Å². The Morgan fingerprint density at radius 2 is 1.75 bits per heavy atom. The Kier molecular flexibility index (Phi) is 9.02. The van der Waals surface area contributed by atoms with Crippen LogP contribution in [-0.2, 0) is 9.59 Å². The molecule has 32 heavy (non-hydrogen) atoms. The van der Waals surface area contributed by atoms with Crippen molar-refractivity contribution in [2.45, 2.75) is 52.7 Å². The Hall–Kier alpha value is -3.12. The van der Waals surface area contributed by atoms with E-state index in [0.717, 1.165) is 18.4 Å². The molecule has 0 aliphatic carbocycles. The second-order valence-electron chi connectivity index (χ2n) is 8.47. The molecular weight excluding hydrogens is 406 g/mol. The lowest BCUT2D eigenvalue weighted by molar-refractivity contribution is -0.118. The van der Waals surface area contributed by atoms with Gasteiger partial charge in [0, 0.05) is 0 Å². The first kappa shape index (κ1) is 25.1. The Balaban J connectivity index is 2.06. The molecule has 1 saturated heterocycles. The molecular formula is C26H33NO5. The minimum absolute atomic E-state index is 0.0224. The summed E-state index contributed by atoms with van der Waals surface area (Å²) in [5.41, 5.74) is 1.07. The number of carbonyl (C=O) groups excluding carboxylic acids is 2. The highest BCUT2D eigenvalue weighted by molar-refractivity contribution is 6.27. The van der Waals surface area contributed by atoms with Gasteiger partial charge in [0.05, 0.1) is 0 Å². The highest BCUT2D eigenvalue weighted by atomic mass is 16.3. The zero-order chi connectivity index (χ0) is 23.8. The molecule has 6 heteroatoms. The highest BCUT2D eigenvalue weighted by Crippen LogP contribution is 2.26. The maximum absolute atomic E-state index is 12.6. The summed E-state index contributed by atoms with van der Waals surface area (Å²) in [4.78, 5) is 24.9. The average molecular weight is 440 g/mol. The number of Topliss-reactive ketones (excluding diaryl/α,β-unsaturated/α-hetero) is 1. The summed E-state index contributed by atoms with van der Waals surface area (Å²) >= 11 is 0. The van der Waals surface area contributed by atoms with Gasteiger partial charge in [0.2, 0.25) is 0 Å². The lowest BCUT2D eigenvalue weighted by Gasteiger charge is -2.16. The minimum atomic E-state index is -1.30. The van der Waals surface area contributed by atoms with Crippen LogP contribution in [0.5, 0.6) is 5.75 Å². The number of allylic oxidation sites excluding steroid dienone is 6. The summed E-state index contributed by atoms with van der Waals surface area (Å²) in [6.07, 6.45) is 9.65. The second-order valence-corrected chi connectivity index (χ2v) is 8.47. The summed E-state index contributed by atoms with van der Waals surface area (Å²) in [5.74, 6) is -0.715. The van der Waals surface area contributed by atoms with Crippen molar-refractivity contribution < 1.29 is 24.9 Å². The van der Waals surface area contributed by atoms with Crippen LogP contribution in [0, 0.1) is 11.8 Å². The normalized spacial score (nSPS) is 21.8. The maximum atomic E-state index is 12.6. The van der Waals surface area contributed by atoms with Gasteiger partial charge in [0.1, 0.15) is 29.2 Å². The monoisotopic (exact) mass is 439 g/mol. The number of aliphatic hydroxyl groups excluding tert-OH is 2. The lowest BCUT2D eigenvalue weighted by Crippen LogP contribution is -2.35. The number of rotatable bonds is 9. The number of phenolic OH excluding ortho intramolecular Hbond substituents is 1. The van der Waals surface area contributed by atoms with E-state index in [2.05, 4.69) is 32.2 Å². The topological polar surface area (TPSA) is 107 Å². The van der Waals surface area contributed by atoms with Gasteiger partial charge < -0.3 is 20.6 Å². The van der Waals surface area contributed by atoms with E-state index < -0.39 is 29.6 Å². The zero-order valence-corrected chi connectivity index (χ0v) is 19.1. The molecule has 4 unspecified atom stereocenters. The standard InChI is InChI=1S/C26H33NO5/c1-5-16(2)14-18(4)15-17(3)8-6-7-9-21(29)22-25(31)23(27-26(22)32)24(30)19-10-12-20(28)13-11-19/h6-13,15-16,18,23-24,28-30H,5,14H2,1-4H3,(H,27,32)/b8-6+,9-7+,17-15+,22-21+. The zero-order valence-electron chi connectivity index (χ0n) is 19.1.